The van der Waals surface area contributed by atoms with Crippen LogP contribution in [-0.4, -0.2) is 140 Å². The number of pyridine rings is 1. The van der Waals surface area contributed by atoms with Crippen molar-refractivity contribution < 1.29 is 27.6 Å². The largest absolute Gasteiger partial charge is 0.389 e. The number of rotatable bonds is 19. The zero-order valence-electron chi connectivity index (χ0n) is 43.2. The molecule has 3 N–H and O–H groups in total. The number of allylic oxidation sites excluding steroid dienone is 4. The van der Waals surface area contributed by atoms with Crippen molar-refractivity contribution in [1.82, 2.24) is 35.2 Å². The summed E-state index contributed by atoms with van der Waals surface area (Å²) in [5.74, 6) is -2.88. The topological polar surface area (TPSA) is 113 Å². The van der Waals surface area contributed by atoms with Gasteiger partial charge in [-0.05, 0) is 175 Å². The summed E-state index contributed by atoms with van der Waals surface area (Å²) in [4.78, 5) is 49.7. The van der Waals surface area contributed by atoms with E-state index in [0.717, 1.165) is 79.7 Å². The quantitative estimate of drug-likeness (QED) is 0.0799. The number of carbonyl (C=O) groups excluding carboxylic acids is 3. The van der Waals surface area contributed by atoms with Crippen LogP contribution >= 0.6 is 0 Å². The molecule has 5 heterocycles. The second-order valence-electron chi connectivity index (χ2n) is 20.5. The van der Waals surface area contributed by atoms with Crippen LogP contribution in [-0.2, 0) is 9.59 Å². The maximum Gasteiger partial charge on any atom is 0.275 e. The van der Waals surface area contributed by atoms with Crippen LogP contribution in [0.3, 0.4) is 0 Å². The highest BCUT2D eigenvalue weighted by atomic mass is 19.3. The Morgan fingerprint density at radius 1 is 0.875 bits per heavy atom. The Bertz CT molecular complexity index is 2430. The van der Waals surface area contributed by atoms with E-state index in [4.69, 9.17) is 0 Å². The molecule has 14 heteroatoms. The molecule has 0 radical (unpaired) electrons. The van der Waals surface area contributed by atoms with Crippen LogP contribution < -0.4 is 16.0 Å². The molecule has 0 bridgehead atoms. The number of halogens is 3. The number of aryl methyl sites for hydroxylation is 1. The van der Waals surface area contributed by atoms with E-state index < -0.39 is 23.8 Å². The summed E-state index contributed by atoms with van der Waals surface area (Å²) in [6.45, 7) is 16.4. The molecule has 0 spiro atoms. The standard InChI is InChI=1S/C58H77F3N8O3/c1-7-44(11-10-41(3)62-5)50-18-26-64-42(4)52(50)35-40(2)37-66-27-21-46(22-28-66)45-12-14-48(15-13-45)57(72)69-30-19-43(20-31-69)38-67-29-25-55(58(60,61)39-67)68-32-23-47(24-33-68)51-17-16-49(36-53(51)59)65-54(9-8-34-70)56(71)63-6/h7,10-18,26,34-36,43,46-47,54-55,62,65H,3,8-9,19-25,27-33,37-39H2,1-2,4-6H3,(H,63,71)/b11-10-,40-35+,44-7+. The lowest BCUT2D eigenvalue weighted by Gasteiger charge is -2.46. The number of carbonyl (C=O) groups is 3. The Kier molecular flexibility index (Phi) is 19.1. The van der Waals surface area contributed by atoms with Gasteiger partial charge >= 0.3 is 0 Å². The highest BCUT2D eigenvalue weighted by Gasteiger charge is 2.48. The Morgan fingerprint density at radius 2 is 1.57 bits per heavy atom. The molecule has 72 heavy (non-hydrogen) atoms. The number of hydrogen-bond acceptors (Lipinski definition) is 9. The molecule has 0 aliphatic carbocycles. The summed E-state index contributed by atoms with van der Waals surface area (Å²) in [5, 5.41) is 8.68. The molecular formula is C58H77F3N8O3. The van der Waals surface area contributed by atoms with Gasteiger partial charge in [0.2, 0.25) is 5.91 Å². The van der Waals surface area contributed by atoms with E-state index in [0.29, 0.717) is 81.3 Å². The fourth-order valence-electron chi connectivity index (χ4n) is 11.4. The van der Waals surface area contributed by atoms with Gasteiger partial charge in [0.05, 0.1) is 12.6 Å². The van der Waals surface area contributed by atoms with Gasteiger partial charge in [0, 0.05) is 87.6 Å². The Balaban J connectivity index is 0.822. The van der Waals surface area contributed by atoms with E-state index >= 15 is 13.2 Å². The van der Waals surface area contributed by atoms with Gasteiger partial charge in [0.25, 0.3) is 11.8 Å². The lowest BCUT2D eigenvalue weighted by atomic mass is 9.86. The normalized spacial score (nSPS) is 20.9. The third kappa shape index (κ3) is 13.9. The number of likely N-dealkylation sites (N-methyl/N-ethyl adjacent to an activating group) is 2. The molecule has 2 unspecified atom stereocenters. The van der Waals surface area contributed by atoms with E-state index in [1.807, 2.05) is 46.2 Å². The van der Waals surface area contributed by atoms with Crippen molar-refractivity contribution >= 4 is 35.4 Å². The predicted molar refractivity (Wildman–Crippen MR) is 284 cm³/mol. The number of amides is 2. The minimum absolute atomic E-state index is 0.0383. The number of hydrogen-bond donors (Lipinski definition) is 3. The summed E-state index contributed by atoms with van der Waals surface area (Å²) in [6, 6.07) is 13.6. The number of aromatic nitrogens is 1. The lowest BCUT2D eigenvalue weighted by Crippen LogP contribution is -2.60. The van der Waals surface area contributed by atoms with Crippen molar-refractivity contribution in [3.05, 3.63) is 130 Å². The first-order valence-corrected chi connectivity index (χ1v) is 26.2. The molecule has 7 rings (SSSR count). The molecule has 388 valence electrons. The summed E-state index contributed by atoms with van der Waals surface area (Å²) in [7, 11) is 3.38. The molecule has 11 nitrogen and oxygen atoms in total. The molecule has 4 aliphatic rings. The summed E-state index contributed by atoms with van der Waals surface area (Å²) < 4.78 is 47.2. The third-order valence-electron chi connectivity index (χ3n) is 15.6. The van der Waals surface area contributed by atoms with Crippen LogP contribution in [0.2, 0.25) is 0 Å². The second-order valence-corrected chi connectivity index (χ2v) is 20.5. The predicted octanol–water partition coefficient (Wildman–Crippen LogP) is 9.45. The van der Waals surface area contributed by atoms with Crippen LogP contribution in [0.1, 0.15) is 122 Å². The van der Waals surface area contributed by atoms with Crippen molar-refractivity contribution in [2.75, 3.05) is 84.9 Å². The zero-order chi connectivity index (χ0) is 51.4. The minimum Gasteiger partial charge on any atom is -0.389 e. The molecule has 2 atom stereocenters. The molecule has 3 aromatic rings. The average molecular weight is 991 g/mol. The minimum atomic E-state index is -2.87. The first-order chi connectivity index (χ1) is 34.7. The van der Waals surface area contributed by atoms with Crippen LogP contribution in [0.25, 0.3) is 11.6 Å². The maximum atomic E-state index is 15.9. The number of benzene rings is 2. The highest BCUT2D eigenvalue weighted by molar-refractivity contribution is 5.94. The van der Waals surface area contributed by atoms with Crippen molar-refractivity contribution in [3.63, 3.8) is 0 Å². The Morgan fingerprint density at radius 3 is 2.21 bits per heavy atom. The van der Waals surface area contributed by atoms with Gasteiger partial charge in [-0.25, -0.2) is 13.2 Å². The van der Waals surface area contributed by atoms with E-state index in [1.165, 1.54) is 24.3 Å². The fraction of sp³-hybridized carbons (Fsp3) is 0.517. The van der Waals surface area contributed by atoms with Gasteiger partial charge in [0.15, 0.2) is 0 Å². The van der Waals surface area contributed by atoms with Gasteiger partial charge in [-0.3, -0.25) is 29.3 Å². The molecule has 4 fully saturated rings. The molecule has 0 saturated carbocycles. The Labute approximate surface area is 426 Å². The van der Waals surface area contributed by atoms with E-state index in [2.05, 4.69) is 89.6 Å². The first-order valence-electron chi connectivity index (χ1n) is 26.2. The molecule has 2 aromatic carbocycles. The van der Waals surface area contributed by atoms with Crippen molar-refractivity contribution in [2.45, 2.75) is 108 Å². The summed E-state index contributed by atoms with van der Waals surface area (Å²) in [6.07, 6.45) is 16.9. The molecule has 1 aromatic heterocycles. The van der Waals surface area contributed by atoms with Crippen LogP contribution in [0, 0.1) is 18.7 Å². The van der Waals surface area contributed by atoms with E-state index in [-0.39, 0.29) is 43.0 Å². The van der Waals surface area contributed by atoms with Gasteiger partial charge in [-0.1, -0.05) is 48.6 Å². The number of piperidine rings is 4. The average Bonchev–Trinajstić information content (AvgIpc) is 3.38. The van der Waals surface area contributed by atoms with Gasteiger partial charge in [-0.15, -0.1) is 0 Å². The number of alkyl halides is 2. The fourth-order valence-corrected chi connectivity index (χ4v) is 11.4. The van der Waals surface area contributed by atoms with Gasteiger partial charge < -0.3 is 25.6 Å². The number of nitrogens with one attached hydrogen (secondary N) is 3. The molecular weight excluding hydrogens is 914 g/mol. The summed E-state index contributed by atoms with van der Waals surface area (Å²) in [5.41, 5.74) is 9.55. The van der Waals surface area contributed by atoms with Gasteiger partial charge in [0.1, 0.15) is 18.1 Å². The maximum absolute atomic E-state index is 15.9. The Hall–Kier alpha value is -5.57. The van der Waals surface area contributed by atoms with Crippen molar-refractivity contribution in [3.8, 4) is 0 Å². The summed E-state index contributed by atoms with van der Waals surface area (Å²) >= 11 is 0. The van der Waals surface area contributed by atoms with Crippen molar-refractivity contribution in [2.24, 2.45) is 5.92 Å². The van der Waals surface area contributed by atoms with E-state index in [1.54, 1.807) is 12.1 Å². The number of anilines is 1. The number of nitrogens with zero attached hydrogens (tertiary/aromatic N) is 5. The third-order valence-corrected chi connectivity index (χ3v) is 15.6. The van der Waals surface area contributed by atoms with Crippen LogP contribution in [0.4, 0.5) is 18.9 Å². The number of likely N-dealkylation sites (tertiary alicyclic amines) is 4. The monoisotopic (exact) mass is 991 g/mol. The molecule has 2 amide bonds. The lowest BCUT2D eigenvalue weighted by molar-refractivity contribution is -0.133. The second kappa shape index (κ2) is 25.4. The van der Waals surface area contributed by atoms with Gasteiger partial charge in [-0.2, -0.15) is 0 Å². The van der Waals surface area contributed by atoms with Crippen molar-refractivity contribution in [1.29, 1.82) is 0 Å². The highest BCUT2D eigenvalue weighted by Crippen LogP contribution is 2.38. The first kappa shape index (κ1) is 54.2. The van der Waals surface area contributed by atoms with Crippen LogP contribution in [0.15, 0.2) is 90.8 Å². The van der Waals surface area contributed by atoms with E-state index in [9.17, 15) is 14.4 Å². The van der Waals surface area contributed by atoms with Crippen LogP contribution in [0.5, 0.6) is 0 Å². The smallest absolute Gasteiger partial charge is 0.275 e. The SMILES string of the molecule is C=C(/C=C\C(=C/C)c1ccnc(C)c1/C=C(\C)CN1CCC(c2ccc(C(=O)N3CCC(CN4CCC(N5CCC(c6ccc(NC(CCC=O)C(=O)NC)cc6F)CC5)C(F)(F)C4)CC3)cc2)CC1)NC. The number of aldehydes is 1. The molecule has 4 aliphatic heterocycles. The zero-order valence-corrected chi connectivity index (χ0v) is 43.2. The molecule has 4 saturated heterocycles.